The van der Waals surface area contributed by atoms with E-state index in [2.05, 4.69) is 15.4 Å². The van der Waals surface area contributed by atoms with Gasteiger partial charge in [-0.2, -0.15) is 0 Å². The summed E-state index contributed by atoms with van der Waals surface area (Å²) in [6.07, 6.45) is 0. The van der Waals surface area contributed by atoms with Gasteiger partial charge in [-0.05, 0) is 26.0 Å². The first-order valence-electron chi connectivity index (χ1n) is 9.40. The van der Waals surface area contributed by atoms with Crippen molar-refractivity contribution in [2.24, 2.45) is 0 Å². The van der Waals surface area contributed by atoms with Crippen molar-refractivity contribution in [1.82, 2.24) is 15.4 Å². The van der Waals surface area contributed by atoms with Crippen molar-refractivity contribution in [3.05, 3.63) is 71.8 Å². The van der Waals surface area contributed by atoms with Crippen LogP contribution in [0.15, 0.2) is 63.5 Å². The fourth-order valence-corrected chi connectivity index (χ4v) is 2.95. The maximum absolute atomic E-state index is 12.4. The predicted octanol–water partition coefficient (Wildman–Crippen LogP) is 4.46. The van der Waals surface area contributed by atoms with Gasteiger partial charge in [-0.25, -0.2) is 4.79 Å². The highest BCUT2D eigenvalue weighted by Gasteiger charge is 2.22. The molecular weight excluding hydrogens is 386 g/mol. The van der Waals surface area contributed by atoms with Crippen molar-refractivity contribution in [3.63, 3.8) is 0 Å². The highest BCUT2D eigenvalue weighted by atomic mass is 16.5. The summed E-state index contributed by atoms with van der Waals surface area (Å²) in [5, 5.41) is 12.2. The molecular formula is C22H19N3O5. The van der Waals surface area contributed by atoms with Crippen LogP contribution in [0, 0.1) is 6.92 Å². The summed E-state index contributed by atoms with van der Waals surface area (Å²) in [4.78, 5) is 12.4. The molecule has 0 saturated carbocycles. The highest BCUT2D eigenvalue weighted by Crippen LogP contribution is 2.33. The highest BCUT2D eigenvalue weighted by molar-refractivity contribution is 5.92. The second kappa shape index (κ2) is 8.60. The van der Waals surface area contributed by atoms with Crippen LogP contribution >= 0.6 is 0 Å². The molecule has 152 valence electrons. The van der Waals surface area contributed by atoms with Gasteiger partial charge in [0, 0.05) is 5.56 Å². The van der Waals surface area contributed by atoms with Gasteiger partial charge < -0.3 is 18.4 Å². The van der Waals surface area contributed by atoms with Gasteiger partial charge in [0.15, 0.2) is 6.61 Å². The van der Waals surface area contributed by atoms with E-state index < -0.39 is 5.97 Å². The maximum Gasteiger partial charge on any atom is 0.342 e. The van der Waals surface area contributed by atoms with E-state index in [0.717, 1.165) is 5.56 Å². The van der Waals surface area contributed by atoms with Gasteiger partial charge >= 0.3 is 5.97 Å². The topological polar surface area (TPSA) is 100 Å². The average Bonchev–Trinajstić information content (AvgIpc) is 3.39. The third kappa shape index (κ3) is 3.93. The van der Waals surface area contributed by atoms with Crippen LogP contribution in [-0.4, -0.2) is 27.9 Å². The SMILES string of the molecule is CCOc1ccccc1C(=O)OCc1nnc(-c2c(-c3ccccc3)noc2C)o1. The van der Waals surface area contributed by atoms with Crippen LogP contribution in [0.25, 0.3) is 22.7 Å². The minimum absolute atomic E-state index is 0.159. The van der Waals surface area contributed by atoms with Crippen LogP contribution < -0.4 is 4.74 Å². The van der Waals surface area contributed by atoms with E-state index >= 15 is 0 Å². The Morgan fingerprint density at radius 2 is 1.80 bits per heavy atom. The van der Waals surface area contributed by atoms with Crippen molar-refractivity contribution < 1.29 is 23.2 Å². The fraction of sp³-hybridized carbons (Fsp3) is 0.182. The number of aryl methyl sites for hydroxylation is 1. The van der Waals surface area contributed by atoms with Crippen LogP contribution in [0.3, 0.4) is 0 Å². The Balaban J connectivity index is 1.51. The number of para-hydroxylation sites is 1. The molecule has 2 heterocycles. The molecule has 30 heavy (non-hydrogen) atoms. The molecule has 0 aliphatic heterocycles. The summed E-state index contributed by atoms with van der Waals surface area (Å²) in [6, 6.07) is 16.4. The Labute approximate surface area is 172 Å². The van der Waals surface area contributed by atoms with E-state index in [-0.39, 0.29) is 18.4 Å². The summed E-state index contributed by atoms with van der Waals surface area (Å²) in [7, 11) is 0. The molecule has 0 saturated heterocycles. The number of nitrogens with zero attached hydrogens (tertiary/aromatic N) is 3. The minimum atomic E-state index is -0.537. The monoisotopic (exact) mass is 405 g/mol. The lowest BCUT2D eigenvalue weighted by atomic mass is 10.1. The number of aromatic nitrogens is 3. The Kier molecular flexibility index (Phi) is 5.56. The molecule has 0 spiro atoms. The summed E-state index contributed by atoms with van der Waals surface area (Å²) >= 11 is 0. The van der Waals surface area contributed by atoms with Gasteiger partial charge in [0.05, 0.1) is 6.61 Å². The van der Waals surface area contributed by atoms with Crippen LogP contribution in [0.5, 0.6) is 5.75 Å². The lowest BCUT2D eigenvalue weighted by Crippen LogP contribution is -2.08. The molecule has 0 bridgehead atoms. The molecule has 0 unspecified atom stereocenters. The first kappa shape index (κ1) is 19.4. The Morgan fingerprint density at radius 3 is 2.60 bits per heavy atom. The van der Waals surface area contributed by atoms with E-state index in [1.165, 1.54) is 0 Å². The number of esters is 1. The number of carbonyl (C=O) groups is 1. The van der Waals surface area contributed by atoms with E-state index in [4.69, 9.17) is 18.4 Å². The molecule has 2 aromatic carbocycles. The van der Waals surface area contributed by atoms with Crippen LogP contribution in [0.4, 0.5) is 0 Å². The van der Waals surface area contributed by atoms with Crippen molar-refractivity contribution in [2.75, 3.05) is 6.61 Å². The average molecular weight is 405 g/mol. The molecule has 0 radical (unpaired) electrons. The zero-order valence-corrected chi connectivity index (χ0v) is 16.5. The Morgan fingerprint density at radius 1 is 1.03 bits per heavy atom. The molecule has 4 aromatic rings. The van der Waals surface area contributed by atoms with Crippen molar-refractivity contribution in [1.29, 1.82) is 0 Å². The number of benzene rings is 2. The summed E-state index contributed by atoms with van der Waals surface area (Å²) in [5.74, 6) is 0.876. The zero-order valence-electron chi connectivity index (χ0n) is 16.5. The standard InChI is InChI=1S/C22H19N3O5/c1-3-27-17-12-8-7-11-16(17)22(26)28-13-18-23-24-21(29-18)19-14(2)30-25-20(19)15-9-5-4-6-10-15/h4-12H,3,13H2,1-2H3. The number of hydrogen-bond donors (Lipinski definition) is 0. The van der Waals surface area contributed by atoms with Crippen LogP contribution in [0.1, 0.15) is 28.9 Å². The summed E-state index contributed by atoms with van der Waals surface area (Å²) < 4.78 is 21.8. The largest absolute Gasteiger partial charge is 0.493 e. The van der Waals surface area contributed by atoms with Crippen molar-refractivity contribution >= 4 is 5.97 Å². The fourth-order valence-electron chi connectivity index (χ4n) is 2.95. The second-order valence-electron chi connectivity index (χ2n) is 6.33. The first-order chi connectivity index (χ1) is 14.7. The quantitative estimate of drug-likeness (QED) is 0.416. The predicted molar refractivity (Wildman–Crippen MR) is 107 cm³/mol. The smallest absolute Gasteiger partial charge is 0.342 e. The molecule has 0 amide bonds. The van der Waals surface area contributed by atoms with Crippen molar-refractivity contribution in [2.45, 2.75) is 20.5 Å². The number of rotatable bonds is 7. The van der Waals surface area contributed by atoms with Crippen LogP contribution in [0.2, 0.25) is 0 Å². The molecule has 2 aromatic heterocycles. The molecule has 0 atom stereocenters. The lowest BCUT2D eigenvalue weighted by Gasteiger charge is -2.08. The minimum Gasteiger partial charge on any atom is -0.493 e. The third-order valence-corrected chi connectivity index (χ3v) is 4.32. The zero-order chi connectivity index (χ0) is 20.9. The van der Waals surface area contributed by atoms with Crippen LogP contribution in [-0.2, 0) is 11.3 Å². The molecule has 4 rings (SSSR count). The van der Waals surface area contributed by atoms with E-state index in [9.17, 15) is 4.79 Å². The molecule has 0 N–H and O–H groups in total. The molecule has 0 aliphatic rings. The molecule has 0 aliphatic carbocycles. The maximum atomic E-state index is 12.4. The molecule has 8 nitrogen and oxygen atoms in total. The van der Waals surface area contributed by atoms with E-state index in [0.29, 0.717) is 34.9 Å². The van der Waals surface area contributed by atoms with Crippen molar-refractivity contribution in [3.8, 4) is 28.5 Å². The Hall–Kier alpha value is -3.94. The number of hydrogen-bond acceptors (Lipinski definition) is 8. The number of carbonyl (C=O) groups excluding carboxylic acids is 1. The first-order valence-corrected chi connectivity index (χ1v) is 9.40. The van der Waals surface area contributed by atoms with Gasteiger partial charge in [0.25, 0.3) is 11.8 Å². The Bertz CT molecular complexity index is 1150. The summed E-state index contributed by atoms with van der Waals surface area (Å²) in [6.45, 7) is 3.89. The second-order valence-corrected chi connectivity index (χ2v) is 6.33. The lowest BCUT2D eigenvalue weighted by molar-refractivity contribution is 0.0434. The molecule has 8 heteroatoms. The van der Waals surface area contributed by atoms with Gasteiger partial charge in [-0.1, -0.05) is 47.6 Å². The third-order valence-electron chi connectivity index (χ3n) is 4.32. The normalized spacial score (nSPS) is 10.7. The van der Waals surface area contributed by atoms with E-state index in [1.807, 2.05) is 37.3 Å². The van der Waals surface area contributed by atoms with Gasteiger partial charge in [0.2, 0.25) is 0 Å². The van der Waals surface area contributed by atoms with E-state index in [1.54, 1.807) is 31.2 Å². The summed E-state index contributed by atoms with van der Waals surface area (Å²) in [5.41, 5.74) is 2.40. The van der Waals surface area contributed by atoms with Gasteiger partial charge in [0.1, 0.15) is 28.3 Å². The van der Waals surface area contributed by atoms with Gasteiger partial charge in [-0.3, -0.25) is 0 Å². The molecule has 0 fully saturated rings. The van der Waals surface area contributed by atoms with Gasteiger partial charge in [-0.15, -0.1) is 10.2 Å². The number of ether oxygens (including phenoxy) is 2.